The zero-order valence-electron chi connectivity index (χ0n) is 12.3. The maximum absolute atomic E-state index is 6.33. The van der Waals surface area contributed by atoms with Gasteiger partial charge in [0.2, 0.25) is 0 Å². The summed E-state index contributed by atoms with van der Waals surface area (Å²) in [5, 5.41) is 8.85. The average molecular weight is 272 g/mol. The lowest BCUT2D eigenvalue weighted by Crippen LogP contribution is -2.34. The molecule has 1 unspecified atom stereocenters. The van der Waals surface area contributed by atoms with E-state index in [2.05, 4.69) is 38.1 Å². The van der Waals surface area contributed by atoms with Crippen molar-refractivity contribution in [1.82, 2.24) is 15.1 Å². The fraction of sp³-hybridized carbons (Fsp3) is 0.786. The molecular formula is C14H26ClN3. The number of rotatable bonds is 7. The molecule has 0 aliphatic heterocycles. The Labute approximate surface area is 116 Å². The highest BCUT2D eigenvalue weighted by Gasteiger charge is 2.16. The van der Waals surface area contributed by atoms with Gasteiger partial charge < -0.3 is 5.32 Å². The van der Waals surface area contributed by atoms with E-state index in [-0.39, 0.29) is 0 Å². The van der Waals surface area contributed by atoms with Crippen molar-refractivity contribution in [2.75, 3.05) is 6.54 Å². The van der Waals surface area contributed by atoms with Crippen molar-refractivity contribution >= 4 is 11.6 Å². The second-order valence-electron chi connectivity index (χ2n) is 5.11. The Morgan fingerprint density at radius 2 is 2.00 bits per heavy atom. The van der Waals surface area contributed by atoms with Crippen molar-refractivity contribution in [1.29, 1.82) is 0 Å². The molecule has 0 fully saturated rings. The van der Waals surface area contributed by atoms with E-state index in [0.717, 1.165) is 36.6 Å². The van der Waals surface area contributed by atoms with Gasteiger partial charge in [-0.2, -0.15) is 5.10 Å². The fourth-order valence-corrected chi connectivity index (χ4v) is 2.56. The first-order valence-corrected chi connectivity index (χ1v) is 7.34. The predicted octanol–water partition coefficient (Wildman–Crippen LogP) is 3.43. The lowest BCUT2D eigenvalue weighted by atomic mass is 9.98. The second kappa shape index (κ2) is 7.15. The molecule has 4 heteroatoms. The topological polar surface area (TPSA) is 29.9 Å². The van der Waals surface area contributed by atoms with E-state index in [1.54, 1.807) is 0 Å². The summed E-state index contributed by atoms with van der Waals surface area (Å²) in [5.74, 6) is 0.642. The van der Waals surface area contributed by atoms with E-state index < -0.39 is 0 Å². The van der Waals surface area contributed by atoms with Crippen LogP contribution < -0.4 is 5.32 Å². The van der Waals surface area contributed by atoms with Crippen molar-refractivity contribution in [3.63, 3.8) is 0 Å². The van der Waals surface area contributed by atoms with Crippen LogP contribution in [0.4, 0.5) is 0 Å². The Morgan fingerprint density at radius 3 is 2.50 bits per heavy atom. The maximum Gasteiger partial charge on any atom is 0.0847 e. The normalized spacial score (nSPS) is 13.3. The molecule has 3 nitrogen and oxygen atoms in total. The fourth-order valence-electron chi connectivity index (χ4n) is 2.33. The monoisotopic (exact) mass is 271 g/mol. The number of halogens is 1. The van der Waals surface area contributed by atoms with Crippen LogP contribution in [0.2, 0.25) is 5.02 Å². The minimum absolute atomic E-state index is 0.548. The summed E-state index contributed by atoms with van der Waals surface area (Å²) in [6, 6.07) is 0.548. The van der Waals surface area contributed by atoms with Gasteiger partial charge in [-0.05, 0) is 39.2 Å². The molecule has 18 heavy (non-hydrogen) atoms. The van der Waals surface area contributed by atoms with Crippen LogP contribution in [-0.4, -0.2) is 22.4 Å². The van der Waals surface area contributed by atoms with Crippen molar-refractivity contribution in [3.8, 4) is 0 Å². The number of aryl methyl sites for hydroxylation is 2. The van der Waals surface area contributed by atoms with Crippen molar-refractivity contribution in [2.24, 2.45) is 5.92 Å². The summed E-state index contributed by atoms with van der Waals surface area (Å²) >= 11 is 6.33. The zero-order valence-corrected chi connectivity index (χ0v) is 13.0. The first-order valence-electron chi connectivity index (χ1n) is 6.96. The van der Waals surface area contributed by atoms with Crippen LogP contribution in [0.3, 0.4) is 0 Å². The van der Waals surface area contributed by atoms with E-state index >= 15 is 0 Å². The van der Waals surface area contributed by atoms with Gasteiger partial charge in [0.1, 0.15) is 0 Å². The van der Waals surface area contributed by atoms with Crippen LogP contribution in [0.1, 0.15) is 45.5 Å². The molecular weight excluding hydrogens is 246 g/mol. The molecule has 0 aliphatic rings. The van der Waals surface area contributed by atoms with Gasteiger partial charge in [0.25, 0.3) is 0 Å². The van der Waals surface area contributed by atoms with Gasteiger partial charge in [0.05, 0.1) is 16.4 Å². The highest BCUT2D eigenvalue weighted by atomic mass is 35.5. The van der Waals surface area contributed by atoms with E-state index in [1.807, 2.05) is 11.6 Å². The van der Waals surface area contributed by atoms with E-state index in [1.165, 1.54) is 5.69 Å². The van der Waals surface area contributed by atoms with E-state index in [9.17, 15) is 0 Å². The van der Waals surface area contributed by atoms with Crippen LogP contribution in [0, 0.1) is 12.8 Å². The van der Waals surface area contributed by atoms with Crippen LogP contribution in [0.25, 0.3) is 0 Å². The number of nitrogens with zero attached hydrogens (tertiary/aromatic N) is 2. The molecule has 0 saturated heterocycles. The largest absolute Gasteiger partial charge is 0.314 e. The Kier molecular flexibility index (Phi) is 6.16. The number of hydrogen-bond donors (Lipinski definition) is 1. The summed E-state index contributed by atoms with van der Waals surface area (Å²) in [4.78, 5) is 0. The Bertz CT molecular complexity index is 371. The molecule has 0 bridgehead atoms. The van der Waals surface area contributed by atoms with Crippen molar-refractivity contribution in [2.45, 2.75) is 60.0 Å². The summed E-state index contributed by atoms with van der Waals surface area (Å²) in [6.07, 6.45) is 2.10. The van der Waals surface area contributed by atoms with Gasteiger partial charge in [-0.15, -0.1) is 0 Å². The van der Waals surface area contributed by atoms with Crippen LogP contribution in [0.5, 0.6) is 0 Å². The molecule has 0 amide bonds. The summed E-state index contributed by atoms with van der Waals surface area (Å²) in [7, 11) is 0. The molecule has 0 aromatic carbocycles. The van der Waals surface area contributed by atoms with Crippen molar-refractivity contribution < 1.29 is 0 Å². The summed E-state index contributed by atoms with van der Waals surface area (Å²) in [6.45, 7) is 12.7. The maximum atomic E-state index is 6.33. The third-order valence-corrected chi connectivity index (χ3v) is 3.91. The molecule has 1 aromatic rings. The van der Waals surface area contributed by atoms with Gasteiger partial charge in [0, 0.05) is 12.6 Å². The predicted molar refractivity (Wildman–Crippen MR) is 78.3 cm³/mol. The lowest BCUT2D eigenvalue weighted by molar-refractivity contribution is 0.381. The lowest BCUT2D eigenvalue weighted by Gasteiger charge is -2.21. The van der Waals surface area contributed by atoms with Crippen molar-refractivity contribution in [3.05, 3.63) is 16.4 Å². The molecule has 1 heterocycles. The highest BCUT2D eigenvalue weighted by Crippen LogP contribution is 2.22. The minimum Gasteiger partial charge on any atom is -0.314 e. The molecule has 1 rings (SSSR count). The zero-order chi connectivity index (χ0) is 13.7. The van der Waals surface area contributed by atoms with Gasteiger partial charge in [-0.3, -0.25) is 4.68 Å². The molecule has 0 saturated carbocycles. The quantitative estimate of drug-likeness (QED) is 0.823. The molecule has 0 aliphatic carbocycles. The standard InChI is InChI=1S/C14H26ClN3/c1-6-16-12(10(3)4)8-9-13-14(15)11(5)17-18(13)7-2/h10,12,16H,6-9H2,1-5H3. The smallest absolute Gasteiger partial charge is 0.0847 e. The first kappa shape index (κ1) is 15.5. The SMILES string of the molecule is CCNC(CCc1c(Cl)c(C)nn1CC)C(C)C. The summed E-state index contributed by atoms with van der Waals surface area (Å²) in [5.41, 5.74) is 2.12. The van der Waals surface area contributed by atoms with Gasteiger partial charge in [-0.1, -0.05) is 32.4 Å². The molecule has 1 N–H and O–H groups in total. The molecule has 104 valence electrons. The molecule has 0 spiro atoms. The Balaban J connectivity index is 2.72. The number of aromatic nitrogens is 2. The third kappa shape index (κ3) is 3.72. The Hall–Kier alpha value is -0.540. The summed E-state index contributed by atoms with van der Waals surface area (Å²) < 4.78 is 2.03. The van der Waals surface area contributed by atoms with Crippen LogP contribution in [-0.2, 0) is 13.0 Å². The van der Waals surface area contributed by atoms with Crippen LogP contribution in [0.15, 0.2) is 0 Å². The molecule has 1 atom stereocenters. The Morgan fingerprint density at radius 1 is 1.33 bits per heavy atom. The first-order chi connectivity index (χ1) is 8.51. The average Bonchev–Trinajstić information content (AvgIpc) is 2.60. The van der Waals surface area contributed by atoms with Gasteiger partial charge in [-0.25, -0.2) is 0 Å². The van der Waals surface area contributed by atoms with E-state index in [4.69, 9.17) is 11.6 Å². The third-order valence-electron chi connectivity index (χ3n) is 3.42. The minimum atomic E-state index is 0.548. The van der Waals surface area contributed by atoms with Crippen LogP contribution >= 0.6 is 11.6 Å². The number of hydrogen-bond acceptors (Lipinski definition) is 2. The van der Waals surface area contributed by atoms with Gasteiger partial charge >= 0.3 is 0 Å². The highest BCUT2D eigenvalue weighted by molar-refractivity contribution is 6.31. The number of nitrogens with one attached hydrogen (secondary N) is 1. The van der Waals surface area contributed by atoms with Gasteiger partial charge in [0.15, 0.2) is 0 Å². The van der Waals surface area contributed by atoms with E-state index in [0.29, 0.717) is 12.0 Å². The molecule has 0 radical (unpaired) electrons. The second-order valence-corrected chi connectivity index (χ2v) is 5.49. The molecule has 1 aromatic heterocycles.